The molecule has 0 spiro atoms. The van der Waals surface area contributed by atoms with E-state index in [0.717, 1.165) is 30.7 Å². The van der Waals surface area contributed by atoms with E-state index >= 15 is 0 Å². The van der Waals surface area contributed by atoms with Gasteiger partial charge in [0.25, 0.3) is 5.91 Å². The first-order valence-electron chi connectivity index (χ1n) is 16.8. The predicted molar refractivity (Wildman–Crippen MR) is 192 cm³/mol. The van der Waals surface area contributed by atoms with E-state index in [1.54, 1.807) is 37.3 Å². The van der Waals surface area contributed by atoms with E-state index in [1.165, 1.54) is 35.6 Å². The number of carbonyl (C=O) groups is 3. The number of benzene rings is 3. The summed E-state index contributed by atoms with van der Waals surface area (Å²) in [6.07, 6.45) is 4.11. The van der Waals surface area contributed by atoms with Crippen molar-refractivity contribution in [1.29, 1.82) is 0 Å². The smallest absolute Gasteiger partial charge is 0.373 e. The van der Waals surface area contributed by atoms with Crippen LogP contribution in [0.5, 0.6) is 0 Å². The molecule has 276 valence electrons. The van der Waals surface area contributed by atoms with E-state index in [-0.39, 0.29) is 62.7 Å². The first kappa shape index (κ1) is 38.2. The lowest BCUT2D eigenvalue weighted by atomic mass is 10.0. The molecule has 52 heavy (non-hydrogen) atoms. The first-order chi connectivity index (χ1) is 24.9. The van der Waals surface area contributed by atoms with Crippen molar-refractivity contribution in [2.75, 3.05) is 50.6 Å². The molecule has 0 bridgehead atoms. The topological polar surface area (TPSA) is 162 Å². The maximum atomic E-state index is 13.7. The number of amides is 1. The standard InChI is InChI=1S/C38H41FN2O10S/c1-4-50-38(45)33(43)22-32(42)27-8-5-7-24(19-27)23-49-18-17-48-16-6-15-41(52(3,46)47)31-21-34-30(20-29(31)25-9-10-25)35(37(44)40-2)36(51-34)26-11-13-28(39)14-12-26/h5,7-8,11-14,19-22,25,43H,4,6,9-10,15-18,23H2,1-3H3,(H,40,44). The zero-order chi connectivity index (χ0) is 37.4. The van der Waals surface area contributed by atoms with Gasteiger partial charge >= 0.3 is 5.97 Å². The Balaban J connectivity index is 1.20. The number of aliphatic hydroxyl groups excluding tert-OH is 1. The lowest BCUT2D eigenvalue weighted by molar-refractivity contribution is -0.141. The van der Waals surface area contributed by atoms with Crippen molar-refractivity contribution in [2.45, 2.75) is 38.7 Å². The largest absolute Gasteiger partial charge is 0.502 e. The minimum absolute atomic E-state index is 0.0661. The summed E-state index contributed by atoms with van der Waals surface area (Å²) in [6, 6.07) is 15.7. The first-order valence-corrected chi connectivity index (χ1v) is 18.7. The maximum absolute atomic E-state index is 13.7. The third-order valence-corrected chi connectivity index (χ3v) is 9.52. The number of fused-ring (bicyclic) bond motifs is 1. The summed E-state index contributed by atoms with van der Waals surface area (Å²) < 4.78 is 63.6. The number of hydrogen-bond acceptors (Lipinski definition) is 10. The van der Waals surface area contributed by atoms with Gasteiger partial charge in [-0.3, -0.25) is 13.9 Å². The third-order valence-electron chi connectivity index (χ3n) is 8.34. The number of furan rings is 1. The molecule has 1 saturated carbocycles. The number of anilines is 1. The Labute approximate surface area is 301 Å². The highest BCUT2D eigenvalue weighted by molar-refractivity contribution is 7.92. The molecular weight excluding hydrogens is 695 g/mol. The summed E-state index contributed by atoms with van der Waals surface area (Å²) in [5.41, 5.74) is 3.39. The van der Waals surface area contributed by atoms with Gasteiger partial charge in [0.2, 0.25) is 15.8 Å². The van der Waals surface area contributed by atoms with Gasteiger partial charge in [0, 0.05) is 48.9 Å². The normalized spacial score (nSPS) is 13.3. The second-order valence-corrected chi connectivity index (χ2v) is 14.1. The van der Waals surface area contributed by atoms with Crippen LogP contribution in [0.3, 0.4) is 0 Å². The summed E-state index contributed by atoms with van der Waals surface area (Å²) in [7, 11) is -2.21. The molecule has 1 fully saturated rings. The fourth-order valence-corrected chi connectivity index (χ4v) is 6.69. The molecule has 2 N–H and O–H groups in total. The Morgan fingerprint density at radius 2 is 1.77 bits per heavy atom. The van der Waals surface area contributed by atoms with Gasteiger partial charge in [0.05, 0.1) is 43.9 Å². The number of allylic oxidation sites excluding steroid dienone is 1. The molecule has 4 aromatic rings. The van der Waals surface area contributed by atoms with Gasteiger partial charge in [0.1, 0.15) is 17.2 Å². The number of hydrogen-bond donors (Lipinski definition) is 2. The molecule has 1 aliphatic carbocycles. The van der Waals surface area contributed by atoms with Crippen LogP contribution >= 0.6 is 0 Å². The Morgan fingerprint density at radius 1 is 1.04 bits per heavy atom. The average Bonchev–Trinajstić information content (AvgIpc) is 3.90. The Morgan fingerprint density at radius 3 is 2.44 bits per heavy atom. The summed E-state index contributed by atoms with van der Waals surface area (Å²) in [5, 5.41) is 13.0. The highest BCUT2D eigenvalue weighted by atomic mass is 32.2. The fourth-order valence-electron chi connectivity index (χ4n) is 5.71. The number of ketones is 1. The molecule has 0 radical (unpaired) electrons. The van der Waals surface area contributed by atoms with E-state index in [1.807, 2.05) is 6.07 Å². The van der Waals surface area contributed by atoms with Crippen LogP contribution in [0.2, 0.25) is 0 Å². The predicted octanol–water partition coefficient (Wildman–Crippen LogP) is 6.05. The van der Waals surface area contributed by atoms with E-state index in [4.69, 9.17) is 13.9 Å². The minimum Gasteiger partial charge on any atom is -0.502 e. The molecule has 0 aliphatic heterocycles. The second-order valence-electron chi connectivity index (χ2n) is 12.2. The van der Waals surface area contributed by atoms with Gasteiger partial charge in [-0.25, -0.2) is 17.6 Å². The Bertz CT molecular complexity index is 2070. The number of sulfonamides is 1. The summed E-state index contributed by atoms with van der Waals surface area (Å²) in [4.78, 5) is 37.1. The SMILES string of the molecule is CCOC(=O)C(O)=CC(=O)c1cccc(COCCOCCCN(c2cc3oc(-c4ccc(F)cc4)c(C(=O)NC)c3cc2C2CC2)S(C)(=O)=O)c1. The number of esters is 1. The van der Waals surface area contributed by atoms with Crippen LogP contribution in [-0.2, 0) is 35.6 Å². The summed E-state index contributed by atoms with van der Waals surface area (Å²) >= 11 is 0. The van der Waals surface area contributed by atoms with Gasteiger partial charge in [-0.05, 0) is 79.6 Å². The van der Waals surface area contributed by atoms with Crippen molar-refractivity contribution < 1.29 is 50.9 Å². The van der Waals surface area contributed by atoms with E-state index in [0.29, 0.717) is 39.8 Å². The monoisotopic (exact) mass is 736 g/mol. The molecule has 12 nitrogen and oxygen atoms in total. The molecule has 5 rings (SSSR count). The number of ether oxygens (including phenoxy) is 3. The van der Waals surface area contributed by atoms with Gasteiger partial charge in [-0.2, -0.15) is 0 Å². The van der Waals surface area contributed by atoms with Crippen molar-refractivity contribution in [3.8, 4) is 11.3 Å². The van der Waals surface area contributed by atoms with E-state index < -0.39 is 33.4 Å². The molecule has 0 saturated heterocycles. The molecular formula is C38H41FN2O10S. The minimum atomic E-state index is -3.73. The number of carbonyl (C=O) groups excluding carboxylic acids is 3. The van der Waals surface area contributed by atoms with Crippen LogP contribution < -0.4 is 9.62 Å². The fraction of sp³-hybridized carbons (Fsp3) is 0.342. The Kier molecular flexibility index (Phi) is 12.5. The van der Waals surface area contributed by atoms with Crippen molar-refractivity contribution in [3.05, 3.63) is 101 Å². The van der Waals surface area contributed by atoms with Gasteiger partial charge < -0.3 is 29.1 Å². The molecule has 0 unspecified atom stereocenters. The van der Waals surface area contributed by atoms with Crippen LogP contribution in [0.15, 0.2) is 76.9 Å². The van der Waals surface area contributed by atoms with Crippen molar-refractivity contribution >= 4 is 44.3 Å². The molecule has 0 atom stereocenters. The van der Waals surface area contributed by atoms with E-state index in [2.05, 4.69) is 10.1 Å². The number of rotatable bonds is 18. The van der Waals surface area contributed by atoms with Crippen LogP contribution in [0, 0.1) is 5.82 Å². The van der Waals surface area contributed by atoms with Gasteiger partial charge in [-0.15, -0.1) is 0 Å². The van der Waals surface area contributed by atoms with E-state index in [9.17, 15) is 32.3 Å². The molecule has 1 aliphatic rings. The van der Waals surface area contributed by atoms with Crippen LogP contribution in [-0.4, -0.2) is 77.5 Å². The van der Waals surface area contributed by atoms with Crippen molar-refractivity contribution in [1.82, 2.24) is 5.32 Å². The zero-order valence-electron chi connectivity index (χ0n) is 29.1. The van der Waals surface area contributed by atoms with Gasteiger partial charge in [0.15, 0.2) is 5.78 Å². The molecule has 3 aromatic carbocycles. The molecule has 1 amide bonds. The Hall–Kier alpha value is -5.05. The maximum Gasteiger partial charge on any atom is 0.373 e. The van der Waals surface area contributed by atoms with Crippen LogP contribution in [0.4, 0.5) is 10.1 Å². The summed E-state index contributed by atoms with van der Waals surface area (Å²) in [6.45, 7) is 2.72. The number of aliphatic hydroxyl groups is 1. The average molecular weight is 737 g/mol. The third kappa shape index (κ3) is 9.43. The zero-order valence-corrected chi connectivity index (χ0v) is 30.0. The highest BCUT2D eigenvalue weighted by Crippen LogP contribution is 2.48. The number of halogens is 1. The van der Waals surface area contributed by atoms with Crippen molar-refractivity contribution in [2.24, 2.45) is 0 Å². The molecule has 1 aromatic heterocycles. The molecule has 1 heterocycles. The van der Waals surface area contributed by atoms with Gasteiger partial charge in [-0.1, -0.05) is 18.2 Å². The number of nitrogens with zero attached hydrogens (tertiary/aromatic N) is 1. The lowest BCUT2D eigenvalue weighted by Crippen LogP contribution is -2.32. The van der Waals surface area contributed by atoms with Crippen molar-refractivity contribution in [3.63, 3.8) is 0 Å². The number of nitrogens with one attached hydrogen (secondary N) is 1. The van der Waals surface area contributed by atoms with Crippen LogP contribution in [0.25, 0.3) is 22.3 Å². The lowest BCUT2D eigenvalue weighted by Gasteiger charge is -2.25. The molecule has 14 heteroatoms. The highest BCUT2D eigenvalue weighted by Gasteiger charge is 2.33. The second kappa shape index (κ2) is 17.0. The van der Waals surface area contributed by atoms with Crippen LogP contribution in [0.1, 0.15) is 63.9 Å². The summed E-state index contributed by atoms with van der Waals surface area (Å²) in [5.74, 6) is -2.73. The quantitative estimate of drug-likeness (QED) is 0.0404.